The lowest BCUT2D eigenvalue weighted by atomic mass is 9.86. The lowest BCUT2D eigenvalue weighted by Crippen LogP contribution is -2.55. The van der Waals surface area contributed by atoms with Gasteiger partial charge < -0.3 is 15.8 Å². The molecule has 0 fully saturated rings. The molecule has 0 aromatic rings. The topological polar surface area (TPSA) is 81.4 Å². The van der Waals surface area contributed by atoms with Crippen LogP contribution in [0.1, 0.15) is 41.0 Å². The Labute approximate surface area is 109 Å². The maximum atomic E-state index is 12.0. The van der Waals surface area contributed by atoms with E-state index in [9.17, 15) is 9.59 Å². The fourth-order valence-corrected chi connectivity index (χ4v) is 1.43. The van der Waals surface area contributed by atoms with E-state index in [1.807, 2.05) is 34.6 Å². The van der Waals surface area contributed by atoms with Crippen LogP contribution in [-0.2, 0) is 14.3 Å². The third kappa shape index (κ3) is 4.64. The van der Waals surface area contributed by atoms with Gasteiger partial charge >= 0.3 is 5.97 Å². The molecule has 0 aliphatic heterocycles. The lowest BCUT2D eigenvalue weighted by molar-refractivity contribution is -0.147. The predicted molar refractivity (Wildman–Crippen MR) is 70.8 cm³/mol. The van der Waals surface area contributed by atoms with Crippen molar-refractivity contribution in [2.24, 2.45) is 17.1 Å². The Bertz CT molecular complexity index is 297. The second kappa shape index (κ2) is 6.73. The Morgan fingerprint density at radius 1 is 1.33 bits per heavy atom. The van der Waals surface area contributed by atoms with Crippen LogP contribution < -0.4 is 11.1 Å². The van der Waals surface area contributed by atoms with Crippen LogP contribution >= 0.6 is 0 Å². The first kappa shape index (κ1) is 16.9. The molecule has 18 heavy (non-hydrogen) atoms. The summed E-state index contributed by atoms with van der Waals surface area (Å²) >= 11 is 0. The van der Waals surface area contributed by atoms with Crippen LogP contribution in [0.5, 0.6) is 0 Å². The number of hydrogen-bond acceptors (Lipinski definition) is 4. The predicted octanol–water partition coefficient (Wildman–Crippen LogP) is 1.06. The molecule has 106 valence electrons. The van der Waals surface area contributed by atoms with Gasteiger partial charge in [0, 0.05) is 0 Å². The molecule has 2 unspecified atom stereocenters. The summed E-state index contributed by atoms with van der Waals surface area (Å²) in [7, 11) is 1.31. The number of rotatable bonds is 5. The second-order valence-electron chi connectivity index (χ2n) is 5.74. The van der Waals surface area contributed by atoms with Crippen molar-refractivity contribution in [3.05, 3.63) is 0 Å². The third-order valence-electron chi connectivity index (χ3n) is 3.18. The summed E-state index contributed by atoms with van der Waals surface area (Å²) in [5, 5.41) is 2.69. The number of nitrogens with two attached hydrogens (primary N) is 1. The van der Waals surface area contributed by atoms with Gasteiger partial charge in [-0.1, -0.05) is 41.0 Å². The zero-order valence-corrected chi connectivity index (χ0v) is 12.2. The van der Waals surface area contributed by atoms with Gasteiger partial charge in [-0.15, -0.1) is 0 Å². The van der Waals surface area contributed by atoms with Crippen molar-refractivity contribution in [3.8, 4) is 0 Å². The molecule has 0 heterocycles. The van der Waals surface area contributed by atoms with Crippen molar-refractivity contribution in [1.29, 1.82) is 0 Å². The second-order valence-corrected chi connectivity index (χ2v) is 5.74. The fraction of sp³-hybridized carbons (Fsp3) is 0.846. The molecule has 3 N–H and O–H groups in total. The largest absolute Gasteiger partial charge is 0.467 e. The molecule has 0 saturated carbocycles. The molecular formula is C13H26N2O3. The Morgan fingerprint density at radius 2 is 1.83 bits per heavy atom. The lowest BCUT2D eigenvalue weighted by Gasteiger charge is -2.29. The van der Waals surface area contributed by atoms with Gasteiger partial charge in [0.15, 0.2) is 0 Å². The van der Waals surface area contributed by atoms with Crippen LogP contribution in [0.3, 0.4) is 0 Å². The summed E-state index contributed by atoms with van der Waals surface area (Å²) in [6, 6.07) is -1.30. The molecule has 0 radical (unpaired) electrons. The highest BCUT2D eigenvalue weighted by Crippen LogP contribution is 2.18. The van der Waals surface area contributed by atoms with Crippen molar-refractivity contribution >= 4 is 11.9 Å². The van der Waals surface area contributed by atoms with Gasteiger partial charge in [0.05, 0.1) is 13.2 Å². The number of methoxy groups -OCH3 is 1. The molecule has 0 saturated heterocycles. The van der Waals surface area contributed by atoms with Crippen LogP contribution in [0.15, 0.2) is 0 Å². The molecule has 0 aliphatic carbocycles. The summed E-state index contributed by atoms with van der Waals surface area (Å²) in [6.07, 6.45) is 0.769. The number of carbonyl (C=O) groups excluding carboxylic acids is 2. The molecule has 0 aliphatic rings. The van der Waals surface area contributed by atoms with Crippen molar-refractivity contribution < 1.29 is 14.3 Å². The highest BCUT2D eigenvalue weighted by atomic mass is 16.5. The average Bonchev–Trinajstić information content (AvgIpc) is 2.31. The van der Waals surface area contributed by atoms with Gasteiger partial charge in [-0.05, 0) is 11.3 Å². The Hall–Kier alpha value is -1.10. The molecular weight excluding hydrogens is 232 g/mol. The van der Waals surface area contributed by atoms with E-state index < -0.39 is 18.1 Å². The standard InChI is InChI=1S/C13H26N2O3/c1-7-8(2)9(12(17)18-6)15-11(16)10(14)13(3,4)5/h8-10H,7,14H2,1-6H3,(H,15,16)/t8?,9?,10-/m1/s1. The zero-order chi connectivity index (χ0) is 14.5. The molecule has 5 nitrogen and oxygen atoms in total. The minimum atomic E-state index is -0.659. The van der Waals surface area contributed by atoms with Crippen LogP contribution in [0.2, 0.25) is 0 Å². The first-order valence-electron chi connectivity index (χ1n) is 6.28. The first-order chi connectivity index (χ1) is 8.15. The monoisotopic (exact) mass is 258 g/mol. The highest BCUT2D eigenvalue weighted by molar-refractivity contribution is 5.88. The van der Waals surface area contributed by atoms with E-state index in [-0.39, 0.29) is 17.2 Å². The van der Waals surface area contributed by atoms with E-state index in [1.165, 1.54) is 7.11 Å². The number of carbonyl (C=O) groups is 2. The maximum Gasteiger partial charge on any atom is 0.328 e. The van der Waals surface area contributed by atoms with E-state index in [0.29, 0.717) is 0 Å². The molecule has 3 atom stereocenters. The molecule has 0 spiro atoms. The van der Waals surface area contributed by atoms with Crippen LogP contribution in [-0.4, -0.2) is 31.1 Å². The molecule has 0 bridgehead atoms. The van der Waals surface area contributed by atoms with Crippen molar-refractivity contribution in [2.45, 2.75) is 53.1 Å². The van der Waals surface area contributed by atoms with Gasteiger partial charge in [0.2, 0.25) is 5.91 Å². The molecule has 0 rings (SSSR count). The van der Waals surface area contributed by atoms with Gasteiger partial charge in [-0.25, -0.2) is 4.79 Å². The number of esters is 1. The van der Waals surface area contributed by atoms with Gasteiger partial charge in [-0.2, -0.15) is 0 Å². The Morgan fingerprint density at radius 3 is 2.17 bits per heavy atom. The quantitative estimate of drug-likeness (QED) is 0.723. The Kier molecular flexibility index (Phi) is 6.32. The van der Waals surface area contributed by atoms with Crippen LogP contribution in [0.25, 0.3) is 0 Å². The number of ether oxygens (including phenoxy) is 1. The van der Waals surface area contributed by atoms with Crippen molar-refractivity contribution in [1.82, 2.24) is 5.32 Å². The van der Waals surface area contributed by atoms with E-state index in [4.69, 9.17) is 10.5 Å². The highest BCUT2D eigenvalue weighted by Gasteiger charge is 2.32. The minimum Gasteiger partial charge on any atom is -0.467 e. The van der Waals surface area contributed by atoms with Crippen LogP contribution in [0, 0.1) is 11.3 Å². The molecule has 0 aromatic heterocycles. The smallest absolute Gasteiger partial charge is 0.328 e. The van der Waals surface area contributed by atoms with Gasteiger partial charge in [0.1, 0.15) is 6.04 Å². The zero-order valence-electron chi connectivity index (χ0n) is 12.2. The SMILES string of the molecule is CCC(C)C(NC(=O)[C@@H](N)C(C)(C)C)C(=O)OC. The minimum absolute atomic E-state index is 0.00793. The fourth-order valence-electron chi connectivity index (χ4n) is 1.43. The summed E-state index contributed by atoms with van der Waals surface area (Å²) < 4.78 is 4.71. The number of amides is 1. The van der Waals surface area contributed by atoms with E-state index >= 15 is 0 Å². The van der Waals surface area contributed by atoms with E-state index in [0.717, 1.165) is 6.42 Å². The summed E-state index contributed by atoms with van der Waals surface area (Å²) in [5.41, 5.74) is 5.51. The molecule has 1 amide bonds. The normalized spacial score (nSPS) is 16.6. The number of hydrogen-bond donors (Lipinski definition) is 2. The Balaban J connectivity index is 4.79. The summed E-state index contributed by atoms with van der Waals surface area (Å²) in [4.78, 5) is 23.6. The average molecular weight is 258 g/mol. The van der Waals surface area contributed by atoms with Crippen LogP contribution in [0.4, 0.5) is 0 Å². The maximum absolute atomic E-state index is 12.0. The molecule has 5 heteroatoms. The van der Waals surface area contributed by atoms with Gasteiger partial charge in [-0.3, -0.25) is 4.79 Å². The summed E-state index contributed by atoms with van der Waals surface area (Å²) in [5.74, 6) is -0.745. The van der Waals surface area contributed by atoms with E-state index in [1.54, 1.807) is 0 Å². The van der Waals surface area contributed by atoms with E-state index in [2.05, 4.69) is 5.32 Å². The van der Waals surface area contributed by atoms with Crippen molar-refractivity contribution in [3.63, 3.8) is 0 Å². The number of nitrogens with one attached hydrogen (secondary N) is 1. The third-order valence-corrected chi connectivity index (χ3v) is 3.18. The van der Waals surface area contributed by atoms with Gasteiger partial charge in [0.25, 0.3) is 0 Å². The van der Waals surface area contributed by atoms with Crippen molar-refractivity contribution in [2.75, 3.05) is 7.11 Å². The molecule has 0 aromatic carbocycles. The summed E-state index contributed by atoms with van der Waals surface area (Å²) in [6.45, 7) is 9.50. The first-order valence-corrected chi connectivity index (χ1v) is 6.28.